The minimum Gasteiger partial charge on any atom is -0.352 e. The van der Waals surface area contributed by atoms with Gasteiger partial charge in [-0.2, -0.15) is 0 Å². The lowest BCUT2D eigenvalue weighted by atomic mass is 9.86. The zero-order valence-corrected chi connectivity index (χ0v) is 12.9. The highest BCUT2D eigenvalue weighted by atomic mass is 16.2. The average Bonchev–Trinajstić information content (AvgIpc) is 2.97. The largest absolute Gasteiger partial charge is 0.352 e. The molecule has 1 aliphatic carbocycles. The van der Waals surface area contributed by atoms with Crippen molar-refractivity contribution in [1.29, 1.82) is 0 Å². The zero-order valence-electron chi connectivity index (χ0n) is 12.9. The third-order valence-corrected chi connectivity index (χ3v) is 5.86. The summed E-state index contributed by atoms with van der Waals surface area (Å²) in [5, 5.41) is 6.76. The predicted octanol–water partition coefficient (Wildman–Crippen LogP) is 1.22. The van der Waals surface area contributed by atoms with Crippen LogP contribution < -0.4 is 10.6 Å². The molecule has 0 bridgehead atoms. The van der Waals surface area contributed by atoms with Crippen LogP contribution in [0.25, 0.3) is 0 Å². The van der Waals surface area contributed by atoms with Gasteiger partial charge in [0.1, 0.15) is 0 Å². The van der Waals surface area contributed by atoms with Gasteiger partial charge >= 0.3 is 0 Å². The van der Waals surface area contributed by atoms with Crippen LogP contribution in [0.2, 0.25) is 0 Å². The molecular weight excluding hydrogens is 250 g/mol. The fourth-order valence-electron chi connectivity index (χ4n) is 4.43. The molecule has 0 aromatic heterocycles. The minimum atomic E-state index is 0.239. The van der Waals surface area contributed by atoms with E-state index in [2.05, 4.69) is 29.4 Å². The first-order valence-electron chi connectivity index (χ1n) is 8.39. The van der Waals surface area contributed by atoms with Crippen LogP contribution in [0.15, 0.2) is 0 Å². The standard InChI is InChI=1S/C16H29N3O/c1-11-5-3-4-6-15(11)18-16(20)10-19-9-13-7-17-8-14(13)12(19)2/h11-15,17H,3-10H2,1-2H3,(H,18,20). The van der Waals surface area contributed by atoms with E-state index in [-0.39, 0.29) is 5.91 Å². The molecule has 20 heavy (non-hydrogen) atoms. The number of hydrogen-bond acceptors (Lipinski definition) is 3. The lowest BCUT2D eigenvalue weighted by molar-refractivity contribution is -0.123. The Morgan fingerprint density at radius 2 is 2.05 bits per heavy atom. The highest BCUT2D eigenvalue weighted by molar-refractivity contribution is 5.78. The van der Waals surface area contributed by atoms with E-state index < -0.39 is 0 Å². The summed E-state index contributed by atoms with van der Waals surface area (Å²) in [4.78, 5) is 14.7. The SMILES string of the molecule is CC1CCCCC1NC(=O)CN1CC2CNCC2C1C. The number of rotatable bonds is 3. The summed E-state index contributed by atoms with van der Waals surface area (Å²) < 4.78 is 0. The van der Waals surface area contributed by atoms with Gasteiger partial charge in [0.2, 0.25) is 5.91 Å². The summed E-state index contributed by atoms with van der Waals surface area (Å²) >= 11 is 0. The van der Waals surface area contributed by atoms with E-state index in [1.165, 1.54) is 19.3 Å². The fraction of sp³-hybridized carbons (Fsp3) is 0.938. The molecule has 5 unspecified atom stereocenters. The number of carbonyl (C=O) groups excluding carboxylic acids is 1. The van der Waals surface area contributed by atoms with Crippen LogP contribution in [-0.4, -0.2) is 49.1 Å². The van der Waals surface area contributed by atoms with E-state index in [0.29, 0.717) is 24.5 Å². The normalized spacial score (nSPS) is 41.6. The van der Waals surface area contributed by atoms with E-state index >= 15 is 0 Å². The molecule has 2 aliphatic heterocycles. The van der Waals surface area contributed by atoms with E-state index in [4.69, 9.17) is 0 Å². The first kappa shape index (κ1) is 14.3. The smallest absolute Gasteiger partial charge is 0.234 e. The van der Waals surface area contributed by atoms with Crippen molar-refractivity contribution in [2.24, 2.45) is 17.8 Å². The first-order valence-corrected chi connectivity index (χ1v) is 8.39. The second-order valence-electron chi connectivity index (χ2n) is 7.19. The maximum Gasteiger partial charge on any atom is 0.234 e. The number of hydrogen-bond donors (Lipinski definition) is 2. The number of carbonyl (C=O) groups is 1. The van der Waals surface area contributed by atoms with Crippen molar-refractivity contribution in [1.82, 2.24) is 15.5 Å². The lowest BCUT2D eigenvalue weighted by Crippen LogP contribution is -2.47. The number of nitrogens with zero attached hydrogens (tertiary/aromatic N) is 1. The van der Waals surface area contributed by atoms with Crippen molar-refractivity contribution in [3.8, 4) is 0 Å². The van der Waals surface area contributed by atoms with Gasteiger partial charge < -0.3 is 10.6 Å². The van der Waals surface area contributed by atoms with E-state index in [9.17, 15) is 4.79 Å². The molecule has 5 atom stereocenters. The Labute approximate surface area is 122 Å². The molecule has 0 aromatic rings. The van der Waals surface area contributed by atoms with Crippen LogP contribution in [0.5, 0.6) is 0 Å². The topological polar surface area (TPSA) is 44.4 Å². The Hall–Kier alpha value is -0.610. The maximum atomic E-state index is 12.3. The quantitative estimate of drug-likeness (QED) is 0.816. The van der Waals surface area contributed by atoms with Crippen molar-refractivity contribution in [2.75, 3.05) is 26.2 Å². The van der Waals surface area contributed by atoms with Crippen LogP contribution >= 0.6 is 0 Å². The van der Waals surface area contributed by atoms with Gasteiger partial charge in [-0.15, -0.1) is 0 Å². The Balaban J connectivity index is 1.49. The van der Waals surface area contributed by atoms with E-state index in [1.54, 1.807) is 0 Å². The minimum absolute atomic E-state index is 0.239. The summed E-state index contributed by atoms with van der Waals surface area (Å²) in [5.41, 5.74) is 0. The summed E-state index contributed by atoms with van der Waals surface area (Å²) in [7, 11) is 0. The molecule has 3 fully saturated rings. The van der Waals surface area contributed by atoms with Crippen LogP contribution in [-0.2, 0) is 4.79 Å². The third-order valence-electron chi connectivity index (χ3n) is 5.86. The summed E-state index contributed by atoms with van der Waals surface area (Å²) in [5.74, 6) is 2.39. The summed E-state index contributed by atoms with van der Waals surface area (Å²) in [6, 6.07) is 0.958. The molecule has 0 aromatic carbocycles. The van der Waals surface area contributed by atoms with E-state index in [0.717, 1.165) is 37.9 Å². The van der Waals surface area contributed by atoms with Gasteiger partial charge in [-0.05, 0) is 50.6 Å². The average molecular weight is 279 g/mol. The van der Waals surface area contributed by atoms with Crippen LogP contribution in [0.3, 0.4) is 0 Å². The van der Waals surface area contributed by atoms with Crippen molar-refractivity contribution >= 4 is 5.91 Å². The van der Waals surface area contributed by atoms with Crippen molar-refractivity contribution in [3.63, 3.8) is 0 Å². The first-order chi connectivity index (χ1) is 9.65. The number of amides is 1. The molecule has 2 N–H and O–H groups in total. The number of nitrogens with one attached hydrogen (secondary N) is 2. The maximum absolute atomic E-state index is 12.3. The summed E-state index contributed by atoms with van der Waals surface area (Å²) in [6.45, 7) is 8.51. The molecule has 1 saturated carbocycles. The van der Waals surface area contributed by atoms with Crippen molar-refractivity contribution in [2.45, 2.75) is 51.6 Å². The highest BCUT2D eigenvalue weighted by Crippen LogP contribution is 2.32. The van der Waals surface area contributed by atoms with Gasteiger partial charge in [0.05, 0.1) is 6.54 Å². The van der Waals surface area contributed by atoms with E-state index in [1.807, 2.05) is 0 Å². The van der Waals surface area contributed by atoms with Gasteiger partial charge in [-0.3, -0.25) is 9.69 Å². The molecule has 1 amide bonds. The second-order valence-corrected chi connectivity index (χ2v) is 7.19. The predicted molar refractivity (Wildman–Crippen MR) is 80.4 cm³/mol. The van der Waals surface area contributed by atoms with Crippen LogP contribution in [0.4, 0.5) is 0 Å². The van der Waals surface area contributed by atoms with Crippen LogP contribution in [0, 0.1) is 17.8 Å². The lowest BCUT2D eigenvalue weighted by Gasteiger charge is -2.31. The summed E-state index contributed by atoms with van der Waals surface area (Å²) in [6.07, 6.45) is 5.02. The monoisotopic (exact) mass is 279 g/mol. The molecule has 114 valence electrons. The third kappa shape index (κ3) is 2.86. The van der Waals surface area contributed by atoms with Crippen molar-refractivity contribution < 1.29 is 4.79 Å². The van der Waals surface area contributed by atoms with Crippen molar-refractivity contribution in [3.05, 3.63) is 0 Å². The fourth-order valence-corrected chi connectivity index (χ4v) is 4.43. The second kappa shape index (κ2) is 6.02. The number of fused-ring (bicyclic) bond motifs is 1. The van der Waals surface area contributed by atoms with Gasteiger partial charge in [0.15, 0.2) is 0 Å². The Kier molecular flexibility index (Phi) is 4.32. The molecule has 2 saturated heterocycles. The Morgan fingerprint density at radius 3 is 2.80 bits per heavy atom. The molecule has 4 nitrogen and oxygen atoms in total. The molecule has 3 rings (SSSR count). The zero-order chi connectivity index (χ0) is 14.1. The Bertz CT molecular complexity index is 360. The molecule has 2 heterocycles. The van der Waals surface area contributed by atoms with Gasteiger partial charge in [0, 0.05) is 18.6 Å². The van der Waals surface area contributed by atoms with Gasteiger partial charge in [0.25, 0.3) is 0 Å². The molecular formula is C16H29N3O. The van der Waals surface area contributed by atoms with Gasteiger partial charge in [-0.1, -0.05) is 19.8 Å². The molecule has 4 heteroatoms. The highest BCUT2D eigenvalue weighted by Gasteiger charge is 2.42. The number of likely N-dealkylation sites (tertiary alicyclic amines) is 1. The molecule has 0 radical (unpaired) electrons. The molecule has 3 aliphatic rings. The molecule has 0 spiro atoms. The van der Waals surface area contributed by atoms with Gasteiger partial charge in [-0.25, -0.2) is 0 Å². The van der Waals surface area contributed by atoms with Crippen LogP contribution in [0.1, 0.15) is 39.5 Å². The Morgan fingerprint density at radius 1 is 1.25 bits per heavy atom.